The number of aromatic nitrogens is 2. The van der Waals surface area contributed by atoms with Gasteiger partial charge in [0.15, 0.2) is 0 Å². The van der Waals surface area contributed by atoms with Crippen molar-refractivity contribution in [3.8, 4) is 0 Å². The van der Waals surface area contributed by atoms with Crippen LogP contribution in [-0.4, -0.2) is 72.7 Å². The van der Waals surface area contributed by atoms with Crippen molar-refractivity contribution in [3.63, 3.8) is 0 Å². The summed E-state index contributed by atoms with van der Waals surface area (Å²) in [4.78, 5) is 33.5. The second kappa shape index (κ2) is 8.77. The minimum atomic E-state index is -0.129. The fraction of sp³-hybridized carbons (Fsp3) is 0.500. The minimum absolute atomic E-state index is 0.00850. The van der Waals surface area contributed by atoms with Crippen molar-refractivity contribution in [2.45, 2.75) is 18.9 Å². The van der Waals surface area contributed by atoms with Gasteiger partial charge in [-0.1, -0.05) is 0 Å². The summed E-state index contributed by atoms with van der Waals surface area (Å²) < 4.78 is 10.1. The number of hydrogen-bond donors (Lipinski definition) is 2. The van der Waals surface area contributed by atoms with Gasteiger partial charge in [0.05, 0.1) is 30.6 Å². The molecule has 140 valence electrons. The monoisotopic (exact) mass is 360 g/mol. The van der Waals surface area contributed by atoms with Crippen molar-refractivity contribution in [3.05, 3.63) is 30.1 Å². The summed E-state index contributed by atoms with van der Waals surface area (Å²) in [6.07, 6.45) is 3.09. The number of nitrogens with one attached hydrogen (secondary N) is 2. The van der Waals surface area contributed by atoms with Crippen LogP contribution >= 0.6 is 0 Å². The van der Waals surface area contributed by atoms with Crippen LogP contribution in [0, 0.1) is 0 Å². The Balaban J connectivity index is 1.45. The number of benzene rings is 1. The number of carbonyl (C=O) groups is 2. The molecule has 1 aromatic heterocycles. The van der Waals surface area contributed by atoms with Gasteiger partial charge < -0.3 is 24.7 Å². The summed E-state index contributed by atoms with van der Waals surface area (Å²) in [6, 6.07) is 5.55. The molecule has 3 rings (SSSR count). The number of hydrogen-bond acceptors (Lipinski definition) is 5. The number of H-pyrrole nitrogens is 1. The number of aromatic amines is 1. The Labute approximate surface area is 151 Å². The van der Waals surface area contributed by atoms with Gasteiger partial charge in [-0.25, -0.2) is 4.98 Å². The summed E-state index contributed by atoms with van der Waals surface area (Å²) in [5.41, 5.74) is 2.35. The third-order valence-electron chi connectivity index (χ3n) is 4.48. The first kappa shape index (κ1) is 18.3. The van der Waals surface area contributed by atoms with Crippen LogP contribution < -0.4 is 5.32 Å². The summed E-state index contributed by atoms with van der Waals surface area (Å²) in [5, 5.41) is 2.96. The SMILES string of the molecule is COCCOCC(=O)NC1CCN(C(=O)c2ccc3nc[nH]c3c2)CC1. The predicted octanol–water partition coefficient (Wildman–Crippen LogP) is 0.947. The molecule has 1 fully saturated rings. The quantitative estimate of drug-likeness (QED) is 0.717. The molecule has 26 heavy (non-hydrogen) atoms. The van der Waals surface area contributed by atoms with Crippen molar-refractivity contribution in [1.82, 2.24) is 20.2 Å². The van der Waals surface area contributed by atoms with Crippen molar-refractivity contribution in [2.24, 2.45) is 0 Å². The number of fused-ring (bicyclic) bond motifs is 1. The van der Waals surface area contributed by atoms with E-state index in [4.69, 9.17) is 9.47 Å². The lowest BCUT2D eigenvalue weighted by molar-refractivity contribution is -0.127. The predicted molar refractivity (Wildman–Crippen MR) is 95.9 cm³/mol. The zero-order valence-corrected chi connectivity index (χ0v) is 14.9. The van der Waals surface area contributed by atoms with Gasteiger partial charge in [-0.05, 0) is 31.0 Å². The highest BCUT2D eigenvalue weighted by molar-refractivity contribution is 5.97. The lowest BCUT2D eigenvalue weighted by Crippen LogP contribution is -2.47. The fourth-order valence-corrected chi connectivity index (χ4v) is 3.05. The molecule has 0 bridgehead atoms. The van der Waals surface area contributed by atoms with Crippen molar-refractivity contribution in [2.75, 3.05) is 40.0 Å². The molecule has 1 saturated heterocycles. The average Bonchev–Trinajstić information content (AvgIpc) is 3.13. The molecule has 1 aromatic carbocycles. The molecule has 1 aliphatic rings. The number of imidazole rings is 1. The molecule has 0 atom stereocenters. The molecule has 2 heterocycles. The van der Waals surface area contributed by atoms with E-state index >= 15 is 0 Å². The van der Waals surface area contributed by atoms with E-state index in [1.54, 1.807) is 19.5 Å². The number of amides is 2. The van der Waals surface area contributed by atoms with Crippen LogP contribution in [0.25, 0.3) is 11.0 Å². The van der Waals surface area contributed by atoms with Gasteiger partial charge in [-0.3, -0.25) is 9.59 Å². The van der Waals surface area contributed by atoms with Crippen molar-refractivity contribution in [1.29, 1.82) is 0 Å². The summed E-state index contributed by atoms with van der Waals surface area (Å²) in [7, 11) is 1.59. The van der Waals surface area contributed by atoms with Gasteiger partial charge in [0.25, 0.3) is 5.91 Å². The Morgan fingerprint density at radius 3 is 2.88 bits per heavy atom. The van der Waals surface area contributed by atoms with Crippen LogP contribution in [-0.2, 0) is 14.3 Å². The Morgan fingerprint density at radius 1 is 1.31 bits per heavy atom. The molecular formula is C18H24N4O4. The zero-order chi connectivity index (χ0) is 18.4. The molecule has 1 aliphatic heterocycles. The maximum Gasteiger partial charge on any atom is 0.253 e. The topological polar surface area (TPSA) is 96.6 Å². The van der Waals surface area contributed by atoms with Crippen LogP contribution in [0.15, 0.2) is 24.5 Å². The molecule has 0 saturated carbocycles. The average molecular weight is 360 g/mol. The molecule has 8 heteroatoms. The molecular weight excluding hydrogens is 336 g/mol. The zero-order valence-electron chi connectivity index (χ0n) is 14.9. The Bertz CT molecular complexity index is 752. The molecule has 0 unspecified atom stereocenters. The highest BCUT2D eigenvalue weighted by Gasteiger charge is 2.24. The van der Waals surface area contributed by atoms with Crippen LogP contribution in [0.4, 0.5) is 0 Å². The lowest BCUT2D eigenvalue weighted by atomic mass is 10.0. The Kier molecular flexibility index (Phi) is 6.19. The second-order valence-corrected chi connectivity index (χ2v) is 6.31. The maximum atomic E-state index is 12.7. The van der Waals surface area contributed by atoms with E-state index in [2.05, 4.69) is 15.3 Å². The van der Waals surface area contributed by atoms with Gasteiger partial charge in [0.1, 0.15) is 6.61 Å². The maximum absolute atomic E-state index is 12.7. The normalized spacial score (nSPS) is 15.3. The molecule has 0 radical (unpaired) electrons. The van der Waals surface area contributed by atoms with Gasteiger partial charge in [-0.2, -0.15) is 0 Å². The highest BCUT2D eigenvalue weighted by atomic mass is 16.5. The van der Waals surface area contributed by atoms with Gasteiger partial charge in [0.2, 0.25) is 5.91 Å². The number of methoxy groups -OCH3 is 1. The van der Waals surface area contributed by atoms with E-state index in [0.29, 0.717) is 31.9 Å². The third-order valence-corrected chi connectivity index (χ3v) is 4.48. The van der Waals surface area contributed by atoms with Crippen molar-refractivity contribution >= 4 is 22.8 Å². The number of ether oxygens (including phenoxy) is 2. The molecule has 0 spiro atoms. The number of carbonyl (C=O) groups excluding carboxylic acids is 2. The van der Waals surface area contributed by atoms with E-state index in [0.717, 1.165) is 23.9 Å². The standard InChI is InChI=1S/C18H24N4O4/c1-25-8-9-26-11-17(23)21-14-4-6-22(7-5-14)18(24)13-2-3-15-16(10-13)20-12-19-15/h2-3,10,12,14H,4-9,11H2,1H3,(H,19,20)(H,21,23). The molecule has 2 amide bonds. The first-order valence-corrected chi connectivity index (χ1v) is 8.76. The molecule has 0 aliphatic carbocycles. The summed E-state index contributed by atoms with van der Waals surface area (Å²) in [6.45, 7) is 2.15. The minimum Gasteiger partial charge on any atom is -0.382 e. The first-order chi connectivity index (χ1) is 12.7. The van der Waals surface area contributed by atoms with E-state index in [9.17, 15) is 9.59 Å². The van der Waals surface area contributed by atoms with E-state index < -0.39 is 0 Å². The number of likely N-dealkylation sites (tertiary alicyclic amines) is 1. The molecule has 2 N–H and O–H groups in total. The Morgan fingerprint density at radius 2 is 2.12 bits per heavy atom. The third kappa shape index (κ3) is 4.59. The number of rotatable bonds is 7. The fourth-order valence-electron chi connectivity index (χ4n) is 3.05. The van der Waals surface area contributed by atoms with Crippen LogP contribution in [0.5, 0.6) is 0 Å². The largest absolute Gasteiger partial charge is 0.382 e. The van der Waals surface area contributed by atoms with Gasteiger partial charge in [0, 0.05) is 31.8 Å². The van der Waals surface area contributed by atoms with Gasteiger partial charge >= 0.3 is 0 Å². The second-order valence-electron chi connectivity index (χ2n) is 6.31. The van der Waals surface area contributed by atoms with E-state index in [1.165, 1.54) is 0 Å². The van der Waals surface area contributed by atoms with Crippen LogP contribution in [0.3, 0.4) is 0 Å². The smallest absolute Gasteiger partial charge is 0.253 e. The van der Waals surface area contributed by atoms with Crippen LogP contribution in [0.1, 0.15) is 23.2 Å². The van der Waals surface area contributed by atoms with E-state index in [-0.39, 0.29) is 24.5 Å². The van der Waals surface area contributed by atoms with Gasteiger partial charge in [-0.15, -0.1) is 0 Å². The molecule has 2 aromatic rings. The highest BCUT2D eigenvalue weighted by Crippen LogP contribution is 2.17. The summed E-state index contributed by atoms with van der Waals surface area (Å²) >= 11 is 0. The van der Waals surface area contributed by atoms with E-state index in [1.807, 2.05) is 17.0 Å². The number of nitrogens with zero attached hydrogens (tertiary/aromatic N) is 2. The molecule has 8 nitrogen and oxygen atoms in total. The number of piperidine rings is 1. The van der Waals surface area contributed by atoms with Crippen LogP contribution in [0.2, 0.25) is 0 Å². The lowest BCUT2D eigenvalue weighted by Gasteiger charge is -2.32. The Hall–Kier alpha value is -2.45. The van der Waals surface area contributed by atoms with Crippen molar-refractivity contribution < 1.29 is 19.1 Å². The first-order valence-electron chi connectivity index (χ1n) is 8.76. The summed E-state index contributed by atoms with van der Waals surface area (Å²) in [5.74, 6) is -0.121.